The predicted molar refractivity (Wildman–Crippen MR) is 117 cm³/mol. The van der Waals surface area contributed by atoms with Crippen LogP contribution in [0.2, 0.25) is 0 Å². The molecule has 2 aromatic carbocycles. The summed E-state index contributed by atoms with van der Waals surface area (Å²) in [7, 11) is 0. The fraction of sp³-hybridized carbons (Fsp3) is 0.200. The number of benzene rings is 2. The first-order chi connectivity index (χ1) is 14.3. The number of hydrogen-bond donors (Lipinski definition) is 2. The highest BCUT2D eigenvalue weighted by Crippen LogP contribution is 2.24. The molecule has 1 unspecified atom stereocenters. The van der Waals surface area contributed by atoms with Gasteiger partial charge < -0.3 is 10.6 Å². The number of nitrogens with one attached hydrogen (secondary N) is 2. The molecule has 0 saturated carbocycles. The lowest BCUT2D eigenvalue weighted by molar-refractivity contribution is -0.384. The van der Waals surface area contributed by atoms with Gasteiger partial charge in [0.1, 0.15) is 5.25 Å². The predicted octanol–water partition coefficient (Wildman–Crippen LogP) is 3.24. The van der Waals surface area contributed by atoms with Gasteiger partial charge in [-0.3, -0.25) is 19.7 Å². The molecule has 9 nitrogen and oxygen atoms in total. The number of amides is 2. The maximum atomic E-state index is 12.3. The third-order valence-electron chi connectivity index (χ3n) is 4.35. The molecule has 1 aliphatic rings. The van der Waals surface area contributed by atoms with Crippen molar-refractivity contribution in [3.8, 4) is 0 Å². The van der Waals surface area contributed by atoms with Gasteiger partial charge in [0, 0.05) is 24.2 Å². The van der Waals surface area contributed by atoms with Crippen LogP contribution in [0.3, 0.4) is 0 Å². The van der Waals surface area contributed by atoms with E-state index in [2.05, 4.69) is 20.8 Å². The van der Waals surface area contributed by atoms with Gasteiger partial charge in [-0.2, -0.15) is 5.10 Å². The van der Waals surface area contributed by atoms with Crippen LogP contribution in [0, 0.1) is 17.0 Å². The Labute approximate surface area is 176 Å². The van der Waals surface area contributed by atoms with Crippen molar-refractivity contribution >= 4 is 45.8 Å². The van der Waals surface area contributed by atoms with Crippen molar-refractivity contribution in [3.63, 3.8) is 0 Å². The second kappa shape index (κ2) is 9.31. The number of nitro groups is 1. The molecule has 2 amide bonds. The van der Waals surface area contributed by atoms with Crippen molar-refractivity contribution < 1.29 is 14.5 Å². The fourth-order valence-electron chi connectivity index (χ4n) is 2.67. The molecule has 2 N–H and O–H groups in total. The van der Waals surface area contributed by atoms with Crippen LogP contribution in [0.15, 0.2) is 58.7 Å². The summed E-state index contributed by atoms with van der Waals surface area (Å²) in [5.41, 5.74) is 2.85. The number of thioether (sulfide) groups is 1. The number of para-hydroxylation sites is 1. The Balaban J connectivity index is 1.61. The van der Waals surface area contributed by atoms with Gasteiger partial charge in [-0.1, -0.05) is 30.0 Å². The second-order valence-electron chi connectivity index (χ2n) is 6.56. The largest absolute Gasteiger partial charge is 0.326 e. The summed E-state index contributed by atoms with van der Waals surface area (Å²) in [5, 5.41) is 24.0. The van der Waals surface area contributed by atoms with Gasteiger partial charge >= 0.3 is 0 Å². The summed E-state index contributed by atoms with van der Waals surface area (Å²) in [6.07, 6.45) is 0.00883. The van der Waals surface area contributed by atoms with Gasteiger partial charge in [-0.15, -0.1) is 5.10 Å². The van der Waals surface area contributed by atoms with E-state index in [9.17, 15) is 19.7 Å². The molecule has 10 heteroatoms. The van der Waals surface area contributed by atoms with E-state index in [0.29, 0.717) is 22.1 Å². The average Bonchev–Trinajstić information content (AvgIpc) is 3.07. The van der Waals surface area contributed by atoms with Crippen LogP contribution in [-0.4, -0.2) is 32.9 Å². The molecule has 1 heterocycles. The lowest BCUT2D eigenvalue weighted by Gasteiger charge is -2.09. The lowest BCUT2D eigenvalue weighted by Crippen LogP contribution is -2.28. The minimum absolute atomic E-state index is 0.00883. The minimum atomic E-state index is -0.595. The van der Waals surface area contributed by atoms with Gasteiger partial charge in [0.25, 0.3) is 5.69 Å². The zero-order chi connectivity index (χ0) is 21.7. The van der Waals surface area contributed by atoms with Crippen LogP contribution in [0.5, 0.6) is 0 Å². The summed E-state index contributed by atoms with van der Waals surface area (Å²) >= 11 is 1.14. The standard InChI is InChI=1S/C20H19N5O4S/c1-12-5-3-4-6-16(12)21-18(26)11-17-19(27)22-20(30-17)24-23-13(2)14-7-9-15(10-8-14)25(28)29/h3-10,17H,11H2,1-2H3,(H,21,26)(H,22,24,27)/b23-13+. The Morgan fingerprint density at radius 2 is 1.93 bits per heavy atom. The zero-order valence-electron chi connectivity index (χ0n) is 16.3. The summed E-state index contributed by atoms with van der Waals surface area (Å²) in [4.78, 5) is 34.7. The van der Waals surface area contributed by atoms with Crippen molar-refractivity contribution in [1.82, 2.24) is 5.32 Å². The summed E-state index contributed by atoms with van der Waals surface area (Å²) in [6, 6.07) is 13.3. The number of carbonyl (C=O) groups excluding carboxylic acids is 2. The van der Waals surface area contributed by atoms with Crippen molar-refractivity contribution in [2.45, 2.75) is 25.5 Å². The SMILES string of the molecule is C/C(=N\N=C1/NC(=O)C(CC(=O)Nc2ccccc2C)S1)c1ccc([N+](=O)[O-])cc1. The topological polar surface area (TPSA) is 126 Å². The molecule has 1 atom stereocenters. The molecule has 1 fully saturated rings. The van der Waals surface area contributed by atoms with Crippen LogP contribution >= 0.6 is 11.8 Å². The number of nitrogens with zero attached hydrogens (tertiary/aromatic N) is 3. The van der Waals surface area contributed by atoms with Crippen LogP contribution in [0.25, 0.3) is 0 Å². The Morgan fingerprint density at radius 1 is 1.23 bits per heavy atom. The zero-order valence-corrected chi connectivity index (χ0v) is 17.1. The van der Waals surface area contributed by atoms with Crippen molar-refractivity contribution in [1.29, 1.82) is 0 Å². The molecule has 0 bridgehead atoms. The van der Waals surface area contributed by atoms with Gasteiger partial charge in [0.15, 0.2) is 5.17 Å². The van der Waals surface area contributed by atoms with E-state index in [0.717, 1.165) is 17.3 Å². The van der Waals surface area contributed by atoms with E-state index in [4.69, 9.17) is 0 Å². The first-order valence-electron chi connectivity index (χ1n) is 9.03. The highest BCUT2D eigenvalue weighted by Gasteiger charge is 2.32. The molecule has 30 heavy (non-hydrogen) atoms. The van der Waals surface area contributed by atoms with Gasteiger partial charge in [-0.25, -0.2) is 0 Å². The third-order valence-corrected chi connectivity index (χ3v) is 5.43. The van der Waals surface area contributed by atoms with Crippen LogP contribution in [0.4, 0.5) is 11.4 Å². The second-order valence-corrected chi connectivity index (χ2v) is 7.75. The Hall–Kier alpha value is -3.53. The number of carbonyl (C=O) groups is 2. The maximum absolute atomic E-state index is 12.3. The molecule has 0 aliphatic carbocycles. The highest BCUT2D eigenvalue weighted by atomic mass is 32.2. The van der Waals surface area contributed by atoms with E-state index in [1.165, 1.54) is 12.1 Å². The number of anilines is 1. The van der Waals surface area contributed by atoms with Crippen molar-refractivity contribution in [3.05, 3.63) is 69.8 Å². The number of hydrogen-bond acceptors (Lipinski definition) is 7. The Bertz CT molecular complexity index is 1050. The monoisotopic (exact) mass is 425 g/mol. The molecule has 154 valence electrons. The van der Waals surface area contributed by atoms with Crippen LogP contribution < -0.4 is 10.6 Å². The van der Waals surface area contributed by atoms with Gasteiger partial charge in [0.2, 0.25) is 11.8 Å². The van der Waals surface area contributed by atoms with Gasteiger partial charge in [0.05, 0.1) is 10.6 Å². The van der Waals surface area contributed by atoms with E-state index in [-0.39, 0.29) is 23.9 Å². The fourth-order valence-corrected chi connectivity index (χ4v) is 3.59. The molecule has 2 aromatic rings. The first-order valence-corrected chi connectivity index (χ1v) is 9.91. The number of aryl methyl sites for hydroxylation is 1. The normalized spacial score (nSPS) is 17.7. The number of non-ortho nitro benzene ring substituents is 1. The lowest BCUT2D eigenvalue weighted by atomic mass is 10.1. The number of nitro benzene ring substituents is 1. The molecular weight excluding hydrogens is 406 g/mol. The molecule has 1 saturated heterocycles. The molecule has 0 radical (unpaired) electrons. The summed E-state index contributed by atoms with van der Waals surface area (Å²) < 4.78 is 0. The Kier molecular flexibility index (Phi) is 6.58. The molecular formula is C20H19N5O4S. The van der Waals surface area contributed by atoms with Crippen molar-refractivity contribution in [2.24, 2.45) is 10.2 Å². The van der Waals surface area contributed by atoms with E-state index >= 15 is 0 Å². The van der Waals surface area contributed by atoms with Crippen LogP contribution in [0.1, 0.15) is 24.5 Å². The number of rotatable bonds is 6. The molecule has 3 rings (SSSR count). The summed E-state index contributed by atoms with van der Waals surface area (Å²) in [6.45, 7) is 3.60. The smallest absolute Gasteiger partial charge is 0.269 e. The number of amidine groups is 1. The quantitative estimate of drug-likeness (QED) is 0.417. The van der Waals surface area contributed by atoms with Crippen LogP contribution in [-0.2, 0) is 9.59 Å². The molecule has 1 aliphatic heterocycles. The summed E-state index contributed by atoms with van der Waals surface area (Å²) in [5.74, 6) is -0.564. The molecule has 0 aromatic heterocycles. The first kappa shape index (κ1) is 21.2. The Morgan fingerprint density at radius 3 is 2.60 bits per heavy atom. The highest BCUT2D eigenvalue weighted by molar-refractivity contribution is 8.15. The molecule has 0 spiro atoms. The minimum Gasteiger partial charge on any atom is -0.326 e. The van der Waals surface area contributed by atoms with Crippen molar-refractivity contribution in [2.75, 3.05) is 5.32 Å². The van der Waals surface area contributed by atoms with E-state index < -0.39 is 10.2 Å². The van der Waals surface area contributed by atoms with E-state index in [1.807, 2.05) is 25.1 Å². The maximum Gasteiger partial charge on any atom is 0.269 e. The average molecular weight is 425 g/mol. The van der Waals surface area contributed by atoms with Gasteiger partial charge in [-0.05, 0) is 43.2 Å². The van der Waals surface area contributed by atoms with E-state index in [1.54, 1.807) is 25.1 Å². The third kappa shape index (κ3) is 5.29.